The maximum atomic E-state index is 11.4. The Hall–Kier alpha value is -0.290. The third-order valence-corrected chi connectivity index (χ3v) is 0.898. The number of halogens is 3. The number of aliphatic hydroxyl groups excluding tert-OH is 1. The van der Waals surface area contributed by atoms with Crippen LogP contribution in [0.5, 0.6) is 0 Å². The lowest BCUT2D eigenvalue weighted by Gasteiger charge is -2.17. The highest BCUT2D eigenvalue weighted by Gasteiger charge is 2.39. The number of hydrogen-bond donors (Lipinski definition) is 2. The van der Waals surface area contributed by atoms with Crippen molar-refractivity contribution in [2.45, 2.75) is 25.2 Å². The first kappa shape index (κ1) is 8.71. The molecule has 0 bridgehead atoms. The molecule has 0 spiro atoms. The highest BCUT2D eigenvalue weighted by molar-refractivity contribution is 4.75. The van der Waals surface area contributed by atoms with Crippen LogP contribution in [0.4, 0.5) is 13.2 Å². The van der Waals surface area contributed by atoms with Gasteiger partial charge in [0.05, 0.1) is 6.10 Å². The summed E-state index contributed by atoms with van der Waals surface area (Å²) >= 11 is 0. The number of hydrogen-bond acceptors (Lipinski definition) is 2. The average molecular weight is 143 g/mol. The summed E-state index contributed by atoms with van der Waals surface area (Å²) in [5.41, 5.74) is 4.52. The molecule has 0 aliphatic heterocycles. The first-order valence-electron chi connectivity index (χ1n) is 2.36. The van der Waals surface area contributed by atoms with Crippen LogP contribution in [-0.4, -0.2) is 23.4 Å². The lowest BCUT2D eigenvalue weighted by atomic mass is 10.2. The van der Waals surface area contributed by atoms with E-state index in [9.17, 15) is 13.2 Å². The lowest BCUT2D eigenvalue weighted by molar-refractivity contribution is -0.166. The van der Waals surface area contributed by atoms with Gasteiger partial charge in [-0.15, -0.1) is 0 Å². The van der Waals surface area contributed by atoms with E-state index in [1.54, 1.807) is 0 Å². The second-order valence-corrected chi connectivity index (χ2v) is 1.81. The summed E-state index contributed by atoms with van der Waals surface area (Å²) in [6.07, 6.45) is -6.03. The van der Waals surface area contributed by atoms with Crippen LogP contribution in [0.1, 0.15) is 6.92 Å². The minimum Gasteiger partial charge on any atom is -0.391 e. The van der Waals surface area contributed by atoms with Crippen LogP contribution >= 0.6 is 0 Å². The van der Waals surface area contributed by atoms with Gasteiger partial charge in [0.15, 0.2) is 0 Å². The molecule has 0 saturated heterocycles. The first-order valence-corrected chi connectivity index (χ1v) is 2.36. The van der Waals surface area contributed by atoms with E-state index < -0.39 is 18.3 Å². The van der Waals surface area contributed by atoms with Gasteiger partial charge in [-0.3, -0.25) is 0 Å². The van der Waals surface area contributed by atoms with Crippen molar-refractivity contribution in [3.63, 3.8) is 0 Å². The van der Waals surface area contributed by atoms with Crippen molar-refractivity contribution < 1.29 is 18.3 Å². The van der Waals surface area contributed by atoms with Crippen LogP contribution in [0.3, 0.4) is 0 Å². The predicted molar refractivity (Wildman–Crippen MR) is 25.7 cm³/mol. The van der Waals surface area contributed by atoms with Gasteiger partial charge in [0.2, 0.25) is 0 Å². The standard InChI is InChI=1S/C4H8F3NO/c1-2(9)3(8)4(5,6)7/h2-3,9H,8H2,1H3/t2-,3-/m1/s1. The Morgan fingerprint density at radius 3 is 1.78 bits per heavy atom. The molecule has 56 valence electrons. The average Bonchev–Trinajstić information content (AvgIpc) is 1.62. The van der Waals surface area contributed by atoms with Gasteiger partial charge in [-0.25, -0.2) is 0 Å². The van der Waals surface area contributed by atoms with Crippen molar-refractivity contribution >= 4 is 0 Å². The van der Waals surface area contributed by atoms with Crippen LogP contribution < -0.4 is 5.73 Å². The fraction of sp³-hybridized carbons (Fsp3) is 1.00. The second kappa shape index (κ2) is 2.53. The maximum absolute atomic E-state index is 11.4. The number of nitrogens with two attached hydrogens (primary N) is 1. The van der Waals surface area contributed by atoms with Gasteiger partial charge >= 0.3 is 6.18 Å². The summed E-state index contributed by atoms with van der Waals surface area (Å²) < 4.78 is 34.2. The van der Waals surface area contributed by atoms with Gasteiger partial charge in [0.25, 0.3) is 0 Å². The van der Waals surface area contributed by atoms with Crippen molar-refractivity contribution in [2.24, 2.45) is 5.73 Å². The number of aliphatic hydroxyl groups is 1. The molecular weight excluding hydrogens is 135 g/mol. The van der Waals surface area contributed by atoms with Gasteiger partial charge in [0, 0.05) is 0 Å². The van der Waals surface area contributed by atoms with Crippen molar-refractivity contribution in [2.75, 3.05) is 0 Å². The molecule has 3 N–H and O–H groups in total. The molecule has 5 heteroatoms. The van der Waals surface area contributed by atoms with E-state index in [4.69, 9.17) is 5.11 Å². The summed E-state index contributed by atoms with van der Waals surface area (Å²) in [5.74, 6) is 0. The van der Waals surface area contributed by atoms with Crippen LogP contribution in [0, 0.1) is 0 Å². The van der Waals surface area contributed by atoms with E-state index in [0.717, 1.165) is 6.92 Å². The highest BCUT2D eigenvalue weighted by atomic mass is 19.4. The van der Waals surface area contributed by atoms with Crippen LogP contribution in [0.15, 0.2) is 0 Å². The Morgan fingerprint density at radius 2 is 1.78 bits per heavy atom. The van der Waals surface area contributed by atoms with Crippen LogP contribution in [-0.2, 0) is 0 Å². The summed E-state index contributed by atoms with van der Waals surface area (Å²) in [6, 6.07) is -2.13. The summed E-state index contributed by atoms with van der Waals surface area (Å²) in [6.45, 7) is 0.998. The molecule has 2 nitrogen and oxygen atoms in total. The fourth-order valence-electron chi connectivity index (χ4n) is 0.273. The Balaban J connectivity index is 3.88. The molecule has 0 amide bonds. The Kier molecular flexibility index (Phi) is 2.45. The molecule has 0 unspecified atom stereocenters. The number of alkyl halides is 3. The van der Waals surface area contributed by atoms with Gasteiger partial charge in [-0.2, -0.15) is 13.2 Å². The maximum Gasteiger partial charge on any atom is 0.406 e. The highest BCUT2D eigenvalue weighted by Crippen LogP contribution is 2.20. The van der Waals surface area contributed by atoms with Gasteiger partial charge < -0.3 is 10.8 Å². The molecule has 2 atom stereocenters. The van der Waals surface area contributed by atoms with Crippen LogP contribution in [0.2, 0.25) is 0 Å². The Morgan fingerprint density at radius 1 is 1.44 bits per heavy atom. The van der Waals surface area contributed by atoms with E-state index in [1.165, 1.54) is 0 Å². The summed E-state index contributed by atoms with van der Waals surface area (Å²) in [4.78, 5) is 0. The van der Waals surface area contributed by atoms with Crippen molar-refractivity contribution in [3.8, 4) is 0 Å². The second-order valence-electron chi connectivity index (χ2n) is 1.81. The summed E-state index contributed by atoms with van der Waals surface area (Å²) in [7, 11) is 0. The molecule has 0 heterocycles. The lowest BCUT2D eigenvalue weighted by Crippen LogP contribution is -2.45. The molecule has 0 aromatic carbocycles. The van der Waals surface area contributed by atoms with E-state index in [2.05, 4.69) is 5.73 Å². The van der Waals surface area contributed by atoms with Crippen molar-refractivity contribution in [1.82, 2.24) is 0 Å². The monoisotopic (exact) mass is 143 g/mol. The van der Waals surface area contributed by atoms with Gasteiger partial charge in [0.1, 0.15) is 6.04 Å². The van der Waals surface area contributed by atoms with E-state index >= 15 is 0 Å². The fourth-order valence-corrected chi connectivity index (χ4v) is 0.273. The number of rotatable bonds is 1. The Labute approximate surface area is 50.5 Å². The molecule has 0 saturated carbocycles. The molecule has 0 rings (SSSR count). The normalized spacial score (nSPS) is 19.3. The van der Waals surface area contributed by atoms with E-state index in [1.807, 2.05) is 0 Å². The van der Waals surface area contributed by atoms with Crippen molar-refractivity contribution in [1.29, 1.82) is 0 Å². The van der Waals surface area contributed by atoms with Gasteiger partial charge in [-0.1, -0.05) is 0 Å². The van der Waals surface area contributed by atoms with E-state index in [0.29, 0.717) is 0 Å². The molecule has 0 aromatic heterocycles. The molecule has 0 aliphatic rings. The Bertz CT molecular complexity index is 90.3. The van der Waals surface area contributed by atoms with Crippen LogP contribution in [0.25, 0.3) is 0 Å². The molecular formula is C4H8F3NO. The molecule has 0 aromatic rings. The first-order chi connectivity index (χ1) is 3.85. The molecule has 9 heavy (non-hydrogen) atoms. The smallest absolute Gasteiger partial charge is 0.391 e. The zero-order valence-corrected chi connectivity index (χ0v) is 4.81. The molecule has 0 radical (unpaired) electrons. The molecule has 0 fully saturated rings. The third-order valence-electron chi connectivity index (χ3n) is 0.898. The van der Waals surface area contributed by atoms with E-state index in [-0.39, 0.29) is 0 Å². The quantitative estimate of drug-likeness (QED) is 0.553. The largest absolute Gasteiger partial charge is 0.406 e. The zero-order valence-electron chi connectivity index (χ0n) is 4.81. The summed E-state index contributed by atoms with van der Waals surface area (Å²) in [5, 5.41) is 8.31. The zero-order chi connectivity index (χ0) is 7.65. The minimum atomic E-state index is -4.49. The third kappa shape index (κ3) is 2.67. The van der Waals surface area contributed by atoms with Gasteiger partial charge in [-0.05, 0) is 6.92 Å². The topological polar surface area (TPSA) is 46.2 Å². The predicted octanol–water partition coefficient (Wildman–Crippen LogP) is 0.257. The SMILES string of the molecule is C[C@@H](O)[C@@H](N)C(F)(F)F. The molecule has 0 aliphatic carbocycles. The van der Waals surface area contributed by atoms with Crippen molar-refractivity contribution in [3.05, 3.63) is 0 Å². The minimum absolute atomic E-state index is 0.998.